The SMILES string of the molecule is CCOc1ccccc1N(C)CCN. The number of benzene rings is 1. The van der Waals surface area contributed by atoms with E-state index in [9.17, 15) is 0 Å². The van der Waals surface area contributed by atoms with E-state index in [-0.39, 0.29) is 0 Å². The van der Waals surface area contributed by atoms with Crippen LogP contribution in [0.5, 0.6) is 5.75 Å². The summed E-state index contributed by atoms with van der Waals surface area (Å²) >= 11 is 0. The molecule has 0 amide bonds. The fraction of sp³-hybridized carbons (Fsp3) is 0.455. The molecule has 1 aromatic rings. The predicted molar refractivity (Wildman–Crippen MR) is 59.9 cm³/mol. The lowest BCUT2D eigenvalue weighted by atomic mass is 10.2. The Labute approximate surface area is 85.5 Å². The smallest absolute Gasteiger partial charge is 0.142 e. The highest BCUT2D eigenvalue weighted by Gasteiger charge is 2.05. The number of para-hydroxylation sites is 2. The van der Waals surface area contributed by atoms with Crippen molar-refractivity contribution < 1.29 is 4.74 Å². The first-order chi connectivity index (χ1) is 6.79. The standard InChI is InChI=1S/C11H18N2O/c1-3-14-11-7-5-4-6-10(11)13(2)9-8-12/h4-7H,3,8-9,12H2,1-2H3. The van der Waals surface area contributed by atoms with Crippen molar-refractivity contribution in [2.24, 2.45) is 5.73 Å². The molecule has 1 rings (SSSR count). The van der Waals surface area contributed by atoms with Crippen LogP contribution in [0.1, 0.15) is 6.92 Å². The van der Waals surface area contributed by atoms with E-state index in [1.54, 1.807) is 0 Å². The second-order valence-electron chi connectivity index (χ2n) is 3.11. The van der Waals surface area contributed by atoms with Gasteiger partial charge < -0.3 is 15.4 Å². The minimum atomic E-state index is 0.650. The summed E-state index contributed by atoms with van der Waals surface area (Å²) in [4.78, 5) is 2.10. The molecule has 3 heteroatoms. The molecule has 0 heterocycles. The van der Waals surface area contributed by atoms with Gasteiger partial charge in [-0.3, -0.25) is 0 Å². The summed E-state index contributed by atoms with van der Waals surface area (Å²) in [7, 11) is 2.02. The molecule has 14 heavy (non-hydrogen) atoms. The van der Waals surface area contributed by atoms with Crippen molar-refractivity contribution in [2.75, 3.05) is 31.6 Å². The maximum atomic E-state index is 5.52. The maximum absolute atomic E-state index is 5.52. The number of hydrogen-bond donors (Lipinski definition) is 1. The van der Waals surface area contributed by atoms with Gasteiger partial charge in [0.1, 0.15) is 5.75 Å². The molecule has 0 fully saturated rings. The van der Waals surface area contributed by atoms with E-state index in [4.69, 9.17) is 10.5 Å². The Kier molecular flexibility index (Phi) is 4.26. The quantitative estimate of drug-likeness (QED) is 0.771. The fourth-order valence-electron chi connectivity index (χ4n) is 1.36. The summed E-state index contributed by atoms with van der Waals surface area (Å²) in [6.45, 7) is 4.16. The summed E-state index contributed by atoms with van der Waals surface area (Å²) in [6, 6.07) is 8.00. The van der Waals surface area contributed by atoms with E-state index in [1.807, 2.05) is 38.2 Å². The molecular formula is C11H18N2O. The van der Waals surface area contributed by atoms with Crippen molar-refractivity contribution in [1.82, 2.24) is 0 Å². The lowest BCUT2D eigenvalue weighted by Gasteiger charge is -2.21. The Balaban J connectivity index is 2.82. The minimum absolute atomic E-state index is 0.650. The average molecular weight is 194 g/mol. The van der Waals surface area contributed by atoms with Crippen LogP contribution in [0, 0.1) is 0 Å². The molecule has 0 spiro atoms. The molecular weight excluding hydrogens is 176 g/mol. The molecule has 0 aliphatic rings. The van der Waals surface area contributed by atoms with Crippen LogP contribution in [-0.2, 0) is 0 Å². The Morgan fingerprint density at radius 2 is 2.07 bits per heavy atom. The molecule has 0 atom stereocenters. The third-order valence-corrected chi connectivity index (χ3v) is 2.04. The molecule has 3 nitrogen and oxygen atoms in total. The van der Waals surface area contributed by atoms with Gasteiger partial charge >= 0.3 is 0 Å². The minimum Gasteiger partial charge on any atom is -0.492 e. The van der Waals surface area contributed by atoms with E-state index in [0.717, 1.165) is 18.0 Å². The van der Waals surface area contributed by atoms with Gasteiger partial charge in [0, 0.05) is 20.1 Å². The topological polar surface area (TPSA) is 38.5 Å². The van der Waals surface area contributed by atoms with Gasteiger partial charge in [0.15, 0.2) is 0 Å². The van der Waals surface area contributed by atoms with Crippen molar-refractivity contribution in [3.8, 4) is 5.75 Å². The van der Waals surface area contributed by atoms with Crippen LogP contribution in [0.2, 0.25) is 0 Å². The van der Waals surface area contributed by atoms with E-state index < -0.39 is 0 Å². The normalized spacial score (nSPS) is 9.93. The highest BCUT2D eigenvalue weighted by Crippen LogP contribution is 2.26. The third-order valence-electron chi connectivity index (χ3n) is 2.04. The van der Waals surface area contributed by atoms with Crippen molar-refractivity contribution in [2.45, 2.75) is 6.92 Å². The van der Waals surface area contributed by atoms with Gasteiger partial charge in [-0.15, -0.1) is 0 Å². The van der Waals surface area contributed by atoms with Crippen LogP contribution >= 0.6 is 0 Å². The molecule has 0 aliphatic carbocycles. The van der Waals surface area contributed by atoms with E-state index in [0.29, 0.717) is 13.2 Å². The Bertz CT molecular complexity index is 276. The highest BCUT2D eigenvalue weighted by atomic mass is 16.5. The van der Waals surface area contributed by atoms with Gasteiger partial charge in [0.25, 0.3) is 0 Å². The average Bonchev–Trinajstić information content (AvgIpc) is 2.19. The summed E-state index contributed by atoms with van der Waals surface area (Å²) in [5.74, 6) is 0.922. The predicted octanol–water partition coefficient (Wildman–Crippen LogP) is 1.48. The Morgan fingerprint density at radius 1 is 1.36 bits per heavy atom. The monoisotopic (exact) mass is 194 g/mol. The Morgan fingerprint density at radius 3 is 2.71 bits per heavy atom. The van der Waals surface area contributed by atoms with Crippen LogP contribution in [0.25, 0.3) is 0 Å². The van der Waals surface area contributed by atoms with Crippen LogP contribution in [-0.4, -0.2) is 26.7 Å². The summed E-state index contributed by atoms with van der Waals surface area (Å²) in [5.41, 5.74) is 6.61. The molecule has 0 aromatic heterocycles. The first kappa shape index (κ1) is 10.9. The van der Waals surface area contributed by atoms with Crippen LogP contribution < -0.4 is 15.4 Å². The summed E-state index contributed by atoms with van der Waals surface area (Å²) in [5, 5.41) is 0. The van der Waals surface area contributed by atoms with Gasteiger partial charge in [-0.2, -0.15) is 0 Å². The van der Waals surface area contributed by atoms with Crippen molar-refractivity contribution >= 4 is 5.69 Å². The third kappa shape index (κ3) is 2.64. The number of anilines is 1. The van der Waals surface area contributed by atoms with E-state index in [1.165, 1.54) is 0 Å². The molecule has 0 saturated heterocycles. The van der Waals surface area contributed by atoms with E-state index in [2.05, 4.69) is 4.90 Å². The van der Waals surface area contributed by atoms with Crippen LogP contribution in [0.3, 0.4) is 0 Å². The lowest BCUT2D eigenvalue weighted by molar-refractivity contribution is 0.340. The second-order valence-corrected chi connectivity index (χ2v) is 3.11. The zero-order chi connectivity index (χ0) is 10.4. The second kappa shape index (κ2) is 5.50. The summed E-state index contributed by atoms with van der Waals surface area (Å²) < 4.78 is 5.52. The lowest BCUT2D eigenvalue weighted by Crippen LogP contribution is -2.25. The molecule has 0 radical (unpaired) electrons. The molecule has 1 aromatic carbocycles. The number of ether oxygens (including phenoxy) is 1. The number of hydrogen-bond acceptors (Lipinski definition) is 3. The molecule has 0 bridgehead atoms. The van der Waals surface area contributed by atoms with Gasteiger partial charge in [-0.05, 0) is 19.1 Å². The van der Waals surface area contributed by atoms with Crippen molar-refractivity contribution in [1.29, 1.82) is 0 Å². The molecule has 0 unspecified atom stereocenters. The van der Waals surface area contributed by atoms with Crippen LogP contribution in [0.4, 0.5) is 5.69 Å². The zero-order valence-electron chi connectivity index (χ0n) is 8.86. The Hall–Kier alpha value is -1.22. The number of rotatable bonds is 5. The zero-order valence-corrected chi connectivity index (χ0v) is 8.86. The van der Waals surface area contributed by atoms with Gasteiger partial charge in [-0.1, -0.05) is 12.1 Å². The van der Waals surface area contributed by atoms with E-state index >= 15 is 0 Å². The van der Waals surface area contributed by atoms with Crippen LogP contribution in [0.15, 0.2) is 24.3 Å². The number of likely N-dealkylation sites (N-methyl/N-ethyl adjacent to an activating group) is 1. The maximum Gasteiger partial charge on any atom is 0.142 e. The number of nitrogens with two attached hydrogens (primary N) is 1. The van der Waals surface area contributed by atoms with Crippen molar-refractivity contribution in [3.63, 3.8) is 0 Å². The fourth-order valence-corrected chi connectivity index (χ4v) is 1.36. The molecule has 78 valence electrons. The largest absolute Gasteiger partial charge is 0.492 e. The van der Waals surface area contributed by atoms with Gasteiger partial charge in [-0.25, -0.2) is 0 Å². The molecule has 0 saturated carbocycles. The summed E-state index contributed by atoms with van der Waals surface area (Å²) in [6.07, 6.45) is 0. The van der Waals surface area contributed by atoms with Gasteiger partial charge in [0.2, 0.25) is 0 Å². The highest BCUT2D eigenvalue weighted by molar-refractivity contribution is 5.57. The van der Waals surface area contributed by atoms with Crippen molar-refractivity contribution in [3.05, 3.63) is 24.3 Å². The first-order valence-corrected chi connectivity index (χ1v) is 4.92. The molecule has 2 N–H and O–H groups in total. The molecule has 0 aliphatic heterocycles. The number of nitrogens with zero attached hydrogens (tertiary/aromatic N) is 1. The van der Waals surface area contributed by atoms with Gasteiger partial charge in [0.05, 0.1) is 12.3 Å². The first-order valence-electron chi connectivity index (χ1n) is 4.92.